The molecule has 1 N–H and O–H groups in total. The van der Waals surface area contributed by atoms with Crippen molar-refractivity contribution >= 4 is 12.0 Å². The number of benzene rings is 1. The van der Waals surface area contributed by atoms with Crippen molar-refractivity contribution in [1.29, 1.82) is 0 Å². The number of nitrogens with one attached hydrogen (secondary N) is 1. The molecule has 2 aromatic rings. The summed E-state index contributed by atoms with van der Waals surface area (Å²) in [7, 11) is 1.70. The highest BCUT2D eigenvalue weighted by Crippen LogP contribution is 2.59. The SMILES string of the molecule is COc1ccccc1/C=C/CN1CCC2(CC1)CC2C(=O)NCc1cccc(C)n1. The van der Waals surface area contributed by atoms with Crippen LogP contribution in [0.1, 0.15) is 36.2 Å². The molecule has 1 unspecified atom stereocenters. The summed E-state index contributed by atoms with van der Waals surface area (Å²) < 4.78 is 5.40. The van der Waals surface area contributed by atoms with Gasteiger partial charge in [-0.25, -0.2) is 0 Å². The molecule has 1 aromatic heterocycles. The van der Waals surface area contributed by atoms with Crippen molar-refractivity contribution in [2.75, 3.05) is 26.7 Å². The zero-order valence-electron chi connectivity index (χ0n) is 17.9. The van der Waals surface area contributed by atoms with Gasteiger partial charge >= 0.3 is 0 Å². The normalized spacial score (nSPS) is 20.4. The molecule has 0 radical (unpaired) electrons. The summed E-state index contributed by atoms with van der Waals surface area (Å²) in [5.41, 5.74) is 3.24. The standard InChI is InChI=1S/C25H31N3O2/c1-19-7-5-10-21(27-19)18-26-24(29)22-17-25(22)12-15-28(16-13-25)14-6-9-20-8-3-4-11-23(20)30-2/h3-11,22H,12-18H2,1-2H3,(H,26,29)/b9-6+. The molecular weight excluding hydrogens is 374 g/mol. The number of carbonyl (C=O) groups excluding carboxylic acids is 1. The third-order valence-electron chi connectivity index (χ3n) is 6.55. The fourth-order valence-corrected chi connectivity index (χ4v) is 4.58. The molecule has 1 saturated heterocycles. The molecule has 0 bridgehead atoms. The van der Waals surface area contributed by atoms with Crippen molar-refractivity contribution in [3.63, 3.8) is 0 Å². The van der Waals surface area contributed by atoms with E-state index in [1.54, 1.807) is 7.11 Å². The molecular formula is C25H31N3O2. The van der Waals surface area contributed by atoms with Crippen molar-refractivity contribution in [1.82, 2.24) is 15.2 Å². The van der Waals surface area contributed by atoms with E-state index in [9.17, 15) is 4.79 Å². The van der Waals surface area contributed by atoms with Gasteiger partial charge in [0.15, 0.2) is 0 Å². The molecule has 1 saturated carbocycles. The first-order chi connectivity index (χ1) is 14.6. The van der Waals surface area contributed by atoms with E-state index in [0.717, 1.165) is 61.6 Å². The summed E-state index contributed by atoms with van der Waals surface area (Å²) in [5, 5.41) is 3.10. The minimum absolute atomic E-state index is 0.175. The van der Waals surface area contributed by atoms with Gasteiger partial charge in [-0.05, 0) is 62.9 Å². The number of piperidine rings is 1. The number of para-hydroxylation sites is 1. The second kappa shape index (κ2) is 9.00. The first-order valence-electron chi connectivity index (χ1n) is 10.8. The highest BCUT2D eigenvalue weighted by atomic mass is 16.5. The average molecular weight is 406 g/mol. The molecule has 4 rings (SSSR count). The van der Waals surface area contributed by atoms with Crippen molar-refractivity contribution in [2.45, 2.75) is 32.7 Å². The van der Waals surface area contributed by atoms with E-state index in [1.807, 2.05) is 43.3 Å². The Morgan fingerprint density at radius 2 is 2.03 bits per heavy atom. The van der Waals surface area contributed by atoms with E-state index in [1.165, 1.54) is 0 Å². The number of pyridine rings is 1. The first-order valence-corrected chi connectivity index (χ1v) is 10.8. The van der Waals surface area contributed by atoms with Crippen LogP contribution in [0.5, 0.6) is 5.75 Å². The molecule has 158 valence electrons. The van der Waals surface area contributed by atoms with E-state index in [2.05, 4.69) is 33.4 Å². The first kappa shape index (κ1) is 20.6. The van der Waals surface area contributed by atoms with Crippen LogP contribution in [0.25, 0.3) is 6.08 Å². The number of rotatable bonds is 7. The summed E-state index contributed by atoms with van der Waals surface area (Å²) in [5.74, 6) is 1.27. The van der Waals surface area contributed by atoms with Crippen LogP contribution in [0.3, 0.4) is 0 Å². The number of amides is 1. The molecule has 5 nitrogen and oxygen atoms in total. The summed E-state index contributed by atoms with van der Waals surface area (Å²) in [6.07, 6.45) is 7.59. The van der Waals surface area contributed by atoms with Crippen molar-refractivity contribution in [3.8, 4) is 5.75 Å². The zero-order valence-corrected chi connectivity index (χ0v) is 17.9. The summed E-state index contributed by atoms with van der Waals surface area (Å²) in [6, 6.07) is 14.0. The number of hydrogen-bond donors (Lipinski definition) is 1. The van der Waals surface area contributed by atoms with Gasteiger partial charge in [0, 0.05) is 23.7 Å². The van der Waals surface area contributed by atoms with Crippen LogP contribution in [-0.2, 0) is 11.3 Å². The highest BCUT2D eigenvalue weighted by Gasteiger charge is 2.58. The number of aromatic nitrogens is 1. The highest BCUT2D eigenvalue weighted by molar-refractivity contribution is 5.82. The van der Waals surface area contributed by atoms with Crippen LogP contribution >= 0.6 is 0 Å². The van der Waals surface area contributed by atoms with Crippen LogP contribution < -0.4 is 10.1 Å². The minimum Gasteiger partial charge on any atom is -0.496 e. The summed E-state index contributed by atoms with van der Waals surface area (Å²) >= 11 is 0. The zero-order chi connectivity index (χ0) is 21.0. The Morgan fingerprint density at radius 1 is 1.23 bits per heavy atom. The lowest BCUT2D eigenvalue weighted by molar-refractivity contribution is -0.123. The Balaban J connectivity index is 1.22. The van der Waals surface area contributed by atoms with Gasteiger partial charge in [-0.3, -0.25) is 14.7 Å². The average Bonchev–Trinajstić information content (AvgIpc) is 3.47. The Labute approximate surface area is 179 Å². The third kappa shape index (κ3) is 4.73. The number of ether oxygens (including phenoxy) is 1. The molecule has 2 aliphatic rings. The molecule has 2 fully saturated rings. The molecule has 1 aliphatic heterocycles. The summed E-state index contributed by atoms with van der Waals surface area (Å²) in [4.78, 5) is 19.6. The fraction of sp³-hybridized carbons (Fsp3) is 0.440. The largest absolute Gasteiger partial charge is 0.496 e. The smallest absolute Gasteiger partial charge is 0.224 e. The molecule has 5 heteroatoms. The Morgan fingerprint density at radius 3 is 2.80 bits per heavy atom. The Bertz CT molecular complexity index is 916. The Hall–Kier alpha value is -2.66. The van der Waals surface area contributed by atoms with Crippen molar-refractivity contribution in [3.05, 3.63) is 65.5 Å². The van der Waals surface area contributed by atoms with Crippen LogP contribution in [0, 0.1) is 18.3 Å². The predicted molar refractivity (Wildman–Crippen MR) is 119 cm³/mol. The third-order valence-corrected chi connectivity index (χ3v) is 6.55. The summed E-state index contributed by atoms with van der Waals surface area (Å²) in [6.45, 7) is 5.54. The quantitative estimate of drug-likeness (QED) is 0.761. The maximum Gasteiger partial charge on any atom is 0.224 e. The number of carbonyl (C=O) groups is 1. The number of aryl methyl sites for hydroxylation is 1. The maximum atomic E-state index is 12.6. The van der Waals surface area contributed by atoms with Crippen molar-refractivity contribution < 1.29 is 9.53 Å². The van der Waals surface area contributed by atoms with Gasteiger partial charge in [0.2, 0.25) is 5.91 Å². The van der Waals surface area contributed by atoms with Gasteiger partial charge in [-0.1, -0.05) is 36.4 Å². The van der Waals surface area contributed by atoms with Crippen LogP contribution in [0.2, 0.25) is 0 Å². The van der Waals surface area contributed by atoms with E-state index in [-0.39, 0.29) is 17.2 Å². The number of nitrogens with zero attached hydrogens (tertiary/aromatic N) is 2. The van der Waals surface area contributed by atoms with Gasteiger partial charge in [-0.2, -0.15) is 0 Å². The molecule has 1 atom stereocenters. The van der Waals surface area contributed by atoms with Crippen molar-refractivity contribution in [2.24, 2.45) is 11.3 Å². The van der Waals surface area contributed by atoms with E-state index >= 15 is 0 Å². The lowest BCUT2D eigenvalue weighted by Crippen LogP contribution is -2.37. The number of hydrogen-bond acceptors (Lipinski definition) is 4. The van der Waals surface area contributed by atoms with Gasteiger partial charge < -0.3 is 10.1 Å². The van der Waals surface area contributed by atoms with Crippen LogP contribution in [0.4, 0.5) is 0 Å². The molecule has 1 aliphatic carbocycles. The van der Waals surface area contributed by atoms with E-state index in [0.29, 0.717) is 6.54 Å². The fourth-order valence-electron chi connectivity index (χ4n) is 4.58. The Kier molecular flexibility index (Phi) is 6.18. The van der Waals surface area contributed by atoms with Gasteiger partial charge in [0.1, 0.15) is 5.75 Å². The predicted octanol–water partition coefficient (Wildman–Crippen LogP) is 3.83. The monoisotopic (exact) mass is 405 g/mol. The van der Waals surface area contributed by atoms with Gasteiger partial charge in [-0.15, -0.1) is 0 Å². The topological polar surface area (TPSA) is 54.5 Å². The number of likely N-dealkylation sites (tertiary alicyclic amines) is 1. The van der Waals surface area contributed by atoms with E-state index in [4.69, 9.17) is 4.74 Å². The minimum atomic E-state index is 0.175. The van der Waals surface area contributed by atoms with Crippen LogP contribution in [0.15, 0.2) is 48.5 Å². The maximum absolute atomic E-state index is 12.6. The molecule has 1 aromatic carbocycles. The van der Waals surface area contributed by atoms with Crippen LogP contribution in [-0.4, -0.2) is 42.5 Å². The molecule has 30 heavy (non-hydrogen) atoms. The van der Waals surface area contributed by atoms with Gasteiger partial charge in [0.25, 0.3) is 0 Å². The van der Waals surface area contributed by atoms with Gasteiger partial charge in [0.05, 0.1) is 19.3 Å². The lowest BCUT2D eigenvalue weighted by Gasteiger charge is -2.32. The second-order valence-corrected chi connectivity index (χ2v) is 8.55. The lowest BCUT2D eigenvalue weighted by atomic mass is 9.90. The second-order valence-electron chi connectivity index (χ2n) is 8.55. The number of methoxy groups -OCH3 is 1. The molecule has 1 amide bonds. The molecule has 1 spiro atoms. The van der Waals surface area contributed by atoms with E-state index < -0.39 is 0 Å². The molecule has 2 heterocycles.